The first kappa shape index (κ1) is 15.4. The maximum Gasteiger partial charge on any atom is 0.305 e. The van der Waals surface area contributed by atoms with E-state index in [2.05, 4.69) is 21.2 Å². The van der Waals surface area contributed by atoms with Crippen LogP contribution in [-0.2, 0) is 4.79 Å². The molecular weight excluding hydrogens is 316 g/mol. The predicted molar refractivity (Wildman–Crippen MR) is 75.4 cm³/mol. The third-order valence-electron chi connectivity index (χ3n) is 2.58. The Bertz CT molecular complexity index is 479. The topological polar surface area (TPSA) is 92.5 Å². The highest BCUT2D eigenvalue weighted by molar-refractivity contribution is 9.10. The van der Waals surface area contributed by atoms with E-state index in [-0.39, 0.29) is 18.2 Å². The van der Waals surface area contributed by atoms with Crippen molar-refractivity contribution in [2.45, 2.75) is 32.2 Å². The Hall–Kier alpha value is -1.63. The first-order valence-electron chi connectivity index (χ1n) is 5.86. The minimum Gasteiger partial charge on any atom is -0.481 e. The minimum atomic E-state index is -0.871. The smallest absolute Gasteiger partial charge is 0.305 e. The Kier molecular flexibility index (Phi) is 5.75. The van der Waals surface area contributed by atoms with Crippen LogP contribution in [0, 0.1) is 10.1 Å². The molecule has 0 amide bonds. The molecule has 0 fully saturated rings. The van der Waals surface area contributed by atoms with Gasteiger partial charge >= 0.3 is 5.97 Å². The van der Waals surface area contributed by atoms with Gasteiger partial charge in [-0.05, 0) is 28.4 Å². The van der Waals surface area contributed by atoms with Gasteiger partial charge in [0.1, 0.15) is 0 Å². The number of nitro groups is 1. The first-order chi connectivity index (χ1) is 8.93. The second kappa shape index (κ2) is 7.08. The molecule has 0 saturated carbocycles. The summed E-state index contributed by atoms with van der Waals surface area (Å²) in [7, 11) is 0. The van der Waals surface area contributed by atoms with E-state index < -0.39 is 10.9 Å². The van der Waals surface area contributed by atoms with E-state index in [1.165, 1.54) is 12.1 Å². The molecule has 0 saturated heterocycles. The van der Waals surface area contributed by atoms with Crippen molar-refractivity contribution in [3.63, 3.8) is 0 Å². The van der Waals surface area contributed by atoms with Gasteiger partial charge in [0.05, 0.1) is 11.3 Å². The molecule has 2 N–H and O–H groups in total. The molecule has 1 aromatic carbocycles. The molecule has 1 atom stereocenters. The Morgan fingerprint density at radius 2 is 2.26 bits per heavy atom. The van der Waals surface area contributed by atoms with Crippen molar-refractivity contribution in [2.24, 2.45) is 0 Å². The summed E-state index contributed by atoms with van der Waals surface area (Å²) in [4.78, 5) is 20.9. The van der Waals surface area contributed by atoms with Crippen LogP contribution in [0.4, 0.5) is 11.4 Å². The number of nitro benzene ring substituents is 1. The molecule has 0 spiro atoms. The number of halogens is 1. The monoisotopic (exact) mass is 330 g/mol. The molecule has 19 heavy (non-hydrogen) atoms. The fourth-order valence-corrected chi connectivity index (χ4v) is 2.22. The number of carboxylic acids is 1. The van der Waals surface area contributed by atoms with Crippen LogP contribution in [0.3, 0.4) is 0 Å². The van der Waals surface area contributed by atoms with Gasteiger partial charge in [-0.3, -0.25) is 14.9 Å². The van der Waals surface area contributed by atoms with Crippen molar-refractivity contribution < 1.29 is 14.8 Å². The zero-order valence-corrected chi connectivity index (χ0v) is 12.0. The van der Waals surface area contributed by atoms with E-state index >= 15 is 0 Å². The summed E-state index contributed by atoms with van der Waals surface area (Å²) in [5.74, 6) is -0.871. The Morgan fingerprint density at radius 3 is 2.74 bits per heavy atom. The van der Waals surface area contributed by atoms with Crippen LogP contribution in [0.5, 0.6) is 0 Å². The fourth-order valence-electron chi connectivity index (χ4n) is 1.74. The number of hydrogen-bond donors (Lipinski definition) is 2. The number of carboxylic acid groups (broad SMARTS) is 1. The first-order valence-corrected chi connectivity index (χ1v) is 6.65. The summed E-state index contributed by atoms with van der Waals surface area (Å²) >= 11 is 3.25. The second-order valence-corrected chi connectivity index (χ2v) is 5.00. The molecule has 7 heteroatoms. The summed E-state index contributed by atoms with van der Waals surface area (Å²) in [5.41, 5.74) is 0.646. The fraction of sp³-hybridized carbons (Fsp3) is 0.417. The number of rotatable bonds is 7. The maximum absolute atomic E-state index is 10.8. The molecule has 0 bridgehead atoms. The molecule has 6 nitrogen and oxygen atoms in total. The molecule has 104 valence electrons. The molecule has 0 aliphatic carbocycles. The summed E-state index contributed by atoms with van der Waals surface area (Å²) in [5, 5.41) is 22.6. The van der Waals surface area contributed by atoms with Crippen LogP contribution >= 0.6 is 15.9 Å². The quantitative estimate of drug-likeness (QED) is 0.590. The van der Waals surface area contributed by atoms with E-state index in [9.17, 15) is 14.9 Å². The molecule has 0 aliphatic heterocycles. The molecule has 1 unspecified atom stereocenters. The minimum absolute atomic E-state index is 0.0112. The standard InChI is InChI=1S/C12H15BrN2O4/c1-2-3-8(6-12(16)17)14-11-5-4-9(15(18)19)7-10(11)13/h4-5,7-8,14H,2-3,6H2,1H3,(H,16,17). The molecule has 0 aliphatic rings. The highest BCUT2D eigenvalue weighted by Gasteiger charge is 2.15. The summed E-state index contributed by atoms with van der Waals surface area (Å²) in [6.07, 6.45) is 1.59. The second-order valence-electron chi connectivity index (χ2n) is 4.15. The van der Waals surface area contributed by atoms with Crippen molar-refractivity contribution >= 4 is 33.3 Å². The number of nitrogens with one attached hydrogen (secondary N) is 1. The zero-order valence-electron chi connectivity index (χ0n) is 10.4. The van der Waals surface area contributed by atoms with Crippen molar-refractivity contribution in [1.82, 2.24) is 0 Å². The summed E-state index contributed by atoms with van der Waals surface area (Å²) in [6.45, 7) is 1.97. The largest absolute Gasteiger partial charge is 0.481 e. The lowest BCUT2D eigenvalue weighted by molar-refractivity contribution is -0.384. The van der Waals surface area contributed by atoms with E-state index in [0.717, 1.165) is 12.8 Å². The lowest BCUT2D eigenvalue weighted by atomic mass is 10.1. The van der Waals surface area contributed by atoms with Crippen LogP contribution in [0.2, 0.25) is 0 Å². The number of hydrogen-bond acceptors (Lipinski definition) is 4. The van der Waals surface area contributed by atoms with E-state index in [4.69, 9.17) is 5.11 Å². The maximum atomic E-state index is 10.8. The predicted octanol–water partition coefficient (Wildman–Crippen LogP) is 3.41. The van der Waals surface area contributed by atoms with Gasteiger partial charge in [-0.2, -0.15) is 0 Å². The molecule has 0 radical (unpaired) electrons. The van der Waals surface area contributed by atoms with E-state index in [0.29, 0.717) is 10.2 Å². The lowest BCUT2D eigenvalue weighted by Gasteiger charge is -2.18. The van der Waals surface area contributed by atoms with Gasteiger partial charge in [-0.25, -0.2) is 0 Å². The highest BCUT2D eigenvalue weighted by atomic mass is 79.9. The third-order valence-corrected chi connectivity index (χ3v) is 3.24. The van der Waals surface area contributed by atoms with Gasteiger partial charge in [-0.1, -0.05) is 13.3 Å². The Balaban J connectivity index is 2.84. The van der Waals surface area contributed by atoms with Crippen LogP contribution in [0.15, 0.2) is 22.7 Å². The van der Waals surface area contributed by atoms with Crippen LogP contribution in [0.1, 0.15) is 26.2 Å². The van der Waals surface area contributed by atoms with Crippen LogP contribution < -0.4 is 5.32 Å². The number of anilines is 1. The summed E-state index contributed by atoms with van der Waals surface area (Å²) in [6, 6.07) is 4.16. The lowest BCUT2D eigenvalue weighted by Crippen LogP contribution is -2.23. The van der Waals surface area contributed by atoms with Crippen LogP contribution in [0.25, 0.3) is 0 Å². The summed E-state index contributed by atoms with van der Waals surface area (Å²) < 4.78 is 0.549. The average molecular weight is 331 g/mol. The van der Waals surface area contributed by atoms with Gasteiger partial charge in [0.2, 0.25) is 0 Å². The number of non-ortho nitro benzene ring substituents is 1. The zero-order chi connectivity index (χ0) is 14.4. The highest BCUT2D eigenvalue weighted by Crippen LogP contribution is 2.28. The van der Waals surface area contributed by atoms with Crippen molar-refractivity contribution in [1.29, 1.82) is 0 Å². The van der Waals surface area contributed by atoms with Gasteiger partial charge in [-0.15, -0.1) is 0 Å². The number of nitrogens with zero attached hydrogens (tertiary/aromatic N) is 1. The normalized spacial score (nSPS) is 11.9. The van der Waals surface area contributed by atoms with Crippen molar-refractivity contribution in [3.05, 3.63) is 32.8 Å². The molecule has 1 rings (SSSR count). The van der Waals surface area contributed by atoms with Gasteiger partial charge in [0.15, 0.2) is 0 Å². The van der Waals surface area contributed by atoms with Crippen molar-refractivity contribution in [2.75, 3.05) is 5.32 Å². The number of aliphatic carboxylic acids is 1. The van der Waals surface area contributed by atoms with Gasteiger partial charge in [0, 0.05) is 28.3 Å². The molecule has 0 aromatic heterocycles. The van der Waals surface area contributed by atoms with Gasteiger partial charge < -0.3 is 10.4 Å². The van der Waals surface area contributed by atoms with Crippen LogP contribution in [-0.4, -0.2) is 22.0 Å². The Labute approximate surface area is 119 Å². The number of carbonyl (C=O) groups is 1. The SMILES string of the molecule is CCCC(CC(=O)O)Nc1ccc([N+](=O)[O-])cc1Br. The molecular formula is C12H15BrN2O4. The van der Waals surface area contributed by atoms with E-state index in [1.807, 2.05) is 6.92 Å². The van der Waals surface area contributed by atoms with E-state index in [1.54, 1.807) is 6.07 Å². The molecule has 0 heterocycles. The number of benzene rings is 1. The molecule has 1 aromatic rings. The van der Waals surface area contributed by atoms with Crippen molar-refractivity contribution in [3.8, 4) is 0 Å². The third kappa shape index (κ3) is 4.86. The van der Waals surface area contributed by atoms with Gasteiger partial charge in [0.25, 0.3) is 5.69 Å². The Morgan fingerprint density at radius 1 is 1.58 bits per heavy atom. The average Bonchev–Trinajstić information content (AvgIpc) is 2.31.